The van der Waals surface area contributed by atoms with Crippen molar-refractivity contribution in [3.8, 4) is 0 Å². The predicted octanol–water partition coefficient (Wildman–Crippen LogP) is 2.93. The zero-order valence-corrected chi connectivity index (χ0v) is 15.3. The van der Waals surface area contributed by atoms with Gasteiger partial charge in [-0.1, -0.05) is 37.3 Å². The lowest BCUT2D eigenvalue weighted by Crippen LogP contribution is -2.48. The van der Waals surface area contributed by atoms with Crippen LogP contribution in [0.1, 0.15) is 29.0 Å². The fourth-order valence-electron chi connectivity index (χ4n) is 2.69. The standard InChI is InChI=1S/C18H22N2O2S.ClH/c1-2-13-5-7-14(8-6-13)17(16-4-3-11-23-16)20-18(21)15-12-19-9-10-22-15;/h3-8,11,15,17,19H,2,9-10,12H2,1H3,(H,20,21);1H. The molecule has 2 N–H and O–H groups in total. The third-order valence-corrected chi connectivity index (χ3v) is 4.99. The molecule has 3 rings (SSSR count). The smallest absolute Gasteiger partial charge is 0.251 e. The summed E-state index contributed by atoms with van der Waals surface area (Å²) in [6, 6.07) is 12.4. The van der Waals surface area contributed by atoms with E-state index >= 15 is 0 Å². The highest BCUT2D eigenvalue weighted by Crippen LogP contribution is 2.26. The Morgan fingerprint density at radius 1 is 1.38 bits per heavy atom. The highest BCUT2D eigenvalue weighted by molar-refractivity contribution is 7.10. The van der Waals surface area contributed by atoms with E-state index in [9.17, 15) is 4.79 Å². The number of amides is 1. The SMILES string of the molecule is CCc1ccc(C(NC(=O)C2CNCCO2)c2cccs2)cc1.Cl. The van der Waals surface area contributed by atoms with Crippen LogP contribution in [0.2, 0.25) is 0 Å². The number of rotatable bonds is 5. The van der Waals surface area contributed by atoms with Crippen molar-refractivity contribution in [1.82, 2.24) is 10.6 Å². The first-order valence-corrected chi connectivity index (χ1v) is 8.91. The molecule has 4 nitrogen and oxygen atoms in total. The number of morpholine rings is 1. The van der Waals surface area contributed by atoms with E-state index in [0.29, 0.717) is 13.2 Å². The second kappa shape index (κ2) is 9.18. The number of hydrogen-bond acceptors (Lipinski definition) is 4. The molecule has 1 aliphatic rings. The Bertz CT molecular complexity index is 625. The van der Waals surface area contributed by atoms with E-state index in [1.807, 2.05) is 11.4 Å². The minimum atomic E-state index is -0.416. The quantitative estimate of drug-likeness (QED) is 0.855. The summed E-state index contributed by atoms with van der Waals surface area (Å²) >= 11 is 1.65. The Hall–Kier alpha value is -1.40. The Morgan fingerprint density at radius 2 is 2.17 bits per heavy atom. The van der Waals surface area contributed by atoms with Gasteiger partial charge in [0.1, 0.15) is 6.10 Å². The lowest BCUT2D eigenvalue weighted by atomic mass is 10.0. The Balaban J connectivity index is 0.00000208. The number of carbonyl (C=O) groups is 1. The molecular weight excluding hydrogens is 344 g/mol. The summed E-state index contributed by atoms with van der Waals surface area (Å²) in [5, 5.41) is 8.38. The molecule has 0 bridgehead atoms. The number of hydrogen-bond donors (Lipinski definition) is 2. The molecule has 0 saturated carbocycles. The maximum atomic E-state index is 12.5. The van der Waals surface area contributed by atoms with Gasteiger partial charge in [-0.15, -0.1) is 23.7 Å². The molecule has 0 radical (unpaired) electrons. The van der Waals surface area contributed by atoms with Crippen LogP contribution in [0, 0.1) is 0 Å². The van der Waals surface area contributed by atoms with Gasteiger partial charge in [0.2, 0.25) is 0 Å². The predicted molar refractivity (Wildman–Crippen MR) is 100.0 cm³/mol. The third kappa shape index (κ3) is 4.57. The topological polar surface area (TPSA) is 50.4 Å². The number of nitrogens with one attached hydrogen (secondary N) is 2. The van der Waals surface area contributed by atoms with Crippen LogP contribution in [-0.2, 0) is 16.0 Å². The van der Waals surface area contributed by atoms with Crippen molar-refractivity contribution in [2.45, 2.75) is 25.5 Å². The number of halogens is 1. The highest BCUT2D eigenvalue weighted by Gasteiger charge is 2.25. The fourth-order valence-corrected chi connectivity index (χ4v) is 3.49. The van der Waals surface area contributed by atoms with Crippen LogP contribution < -0.4 is 10.6 Å². The van der Waals surface area contributed by atoms with E-state index < -0.39 is 6.10 Å². The fraction of sp³-hybridized carbons (Fsp3) is 0.389. The maximum absolute atomic E-state index is 12.5. The molecule has 2 aromatic rings. The van der Waals surface area contributed by atoms with Crippen molar-refractivity contribution in [3.63, 3.8) is 0 Å². The van der Waals surface area contributed by atoms with Crippen molar-refractivity contribution in [1.29, 1.82) is 0 Å². The molecule has 1 aromatic carbocycles. The molecule has 2 heterocycles. The Labute approximate surface area is 153 Å². The second-order valence-electron chi connectivity index (χ2n) is 5.62. The summed E-state index contributed by atoms with van der Waals surface area (Å²) in [5.41, 5.74) is 2.39. The zero-order chi connectivity index (χ0) is 16.1. The highest BCUT2D eigenvalue weighted by atomic mass is 35.5. The lowest BCUT2D eigenvalue weighted by Gasteiger charge is -2.26. The van der Waals surface area contributed by atoms with Gasteiger partial charge in [0.25, 0.3) is 5.91 Å². The van der Waals surface area contributed by atoms with Crippen LogP contribution in [0.4, 0.5) is 0 Å². The van der Waals surface area contributed by atoms with Gasteiger partial charge in [0, 0.05) is 18.0 Å². The number of aryl methyl sites for hydroxylation is 1. The van der Waals surface area contributed by atoms with Crippen molar-refractivity contribution in [2.75, 3.05) is 19.7 Å². The van der Waals surface area contributed by atoms with Gasteiger partial charge in [-0.25, -0.2) is 0 Å². The van der Waals surface area contributed by atoms with E-state index in [1.165, 1.54) is 5.56 Å². The van der Waals surface area contributed by atoms with Crippen molar-refractivity contribution in [3.05, 3.63) is 57.8 Å². The molecule has 1 saturated heterocycles. The van der Waals surface area contributed by atoms with Gasteiger partial charge in [-0.3, -0.25) is 4.79 Å². The maximum Gasteiger partial charge on any atom is 0.251 e. The van der Waals surface area contributed by atoms with Crippen LogP contribution >= 0.6 is 23.7 Å². The molecule has 1 aliphatic heterocycles. The molecule has 130 valence electrons. The molecule has 2 atom stereocenters. The normalized spacial score (nSPS) is 18.5. The largest absolute Gasteiger partial charge is 0.366 e. The molecule has 1 amide bonds. The number of carbonyl (C=O) groups excluding carboxylic acids is 1. The van der Waals surface area contributed by atoms with Gasteiger partial charge >= 0.3 is 0 Å². The van der Waals surface area contributed by atoms with Crippen molar-refractivity contribution < 1.29 is 9.53 Å². The third-order valence-electron chi connectivity index (χ3n) is 4.06. The average Bonchev–Trinajstić information content (AvgIpc) is 3.15. The second-order valence-corrected chi connectivity index (χ2v) is 6.59. The molecule has 0 spiro atoms. The molecular formula is C18H23ClN2O2S. The molecule has 0 aliphatic carbocycles. The van der Waals surface area contributed by atoms with Crippen LogP contribution in [-0.4, -0.2) is 31.7 Å². The van der Waals surface area contributed by atoms with Crippen molar-refractivity contribution >= 4 is 29.7 Å². The van der Waals surface area contributed by atoms with Crippen LogP contribution in [0.15, 0.2) is 41.8 Å². The lowest BCUT2D eigenvalue weighted by molar-refractivity contribution is -0.134. The van der Waals surface area contributed by atoms with Gasteiger partial charge in [-0.05, 0) is 29.0 Å². The van der Waals surface area contributed by atoms with Crippen LogP contribution in [0.3, 0.4) is 0 Å². The molecule has 6 heteroatoms. The molecule has 1 fully saturated rings. The van der Waals surface area contributed by atoms with Gasteiger partial charge < -0.3 is 15.4 Å². The summed E-state index contributed by atoms with van der Waals surface area (Å²) in [4.78, 5) is 13.7. The first kappa shape index (κ1) is 18.9. The summed E-state index contributed by atoms with van der Waals surface area (Å²) in [7, 11) is 0. The summed E-state index contributed by atoms with van der Waals surface area (Å²) < 4.78 is 5.56. The summed E-state index contributed by atoms with van der Waals surface area (Å²) in [6.07, 6.45) is 0.596. The van der Waals surface area contributed by atoms with E-state index in [0.717, 1.165) is 23.4 Å². The minimum Gasteiger partial charge on any atom is -0.366 e. The van der Waals surface area contributed by atoms with Crippen LogP contribution in [0.25, 0.3) is 0 Å². The Morgan fingerprint density at radius 3 is 2.75 bits per heavy atom. The first-order valence-electron chi connectivity index (χ1n) is 8.03. The van der Waals surface area contributed by atoms with Crippen LogP contribution in [0.5, 0.6) is 0 Å². The first-order chi connectivity index (χ1) is 11.3. The summed E-state index contributed by atoms with van der Waals surface area (Å²) in [5.74, 6) is -0.0600. The van der Waals surface area contributed by atoms with Gasteiger partial charge in [0.15, 0.2) is 0 Å². The number of thiophene rings is 1. The number of benzene rings is 1. The number of ether oxygens (including phenoxy) is 1. The summed E-state index contributed by atoms with van der Waals surface area (Å²) in [6.45, 7) is 4.09. The van der Waals surface area contributed by atoms with Gasteiger partial charge in [-0.2, -0.15) is 0 Å². The molecule has 1 aromatic heterocycles. The van der Waals surface area contributed by atoms with Crippen molar-refractivity contribution in [2.24, 2.45) is 0 Å². The molecule has 24 heavy (non-hydrogen) atoms. The zero-order valence-electron chi connectivity index (χ0n) is 13.7. The Kier molecular flexibility index (Phi) is 7.24. The van der Waals surface area contributed by atoms with E-state index in [2.05, 4.69) is 47.9 Å². The average molecular weight is 367 g/mol. The van der Waals surface area contributed by atoms with E-state index in [4.69, 9.17) is 4.74 Å². The monoisotopic (exact) mass is 366 g/mol. The van der Waals surface area contributed by atoms with E-state index in [1.54, 1.807) is 11.3 Å². The van der Waals surface area contributed by atoms with Gasteiger partial charge in [0.05, 0.1) is 12.6 Å². The minimum absolute atomic E-state index is 0. The van der Waals surface area contributed by atoms with E-state index in [-0.39, 0.29) is 24.4 Å². The molecule has 2 unspecified atom stereocenters.